The second kappa shape index (κ2) is 6.56. The predicted octanol–water partition coefficient (Wildman–Crippen LogP) is 4.23. The van der Waals surface area contributed by atoms with Gasteiger partial charge in [0.2, 0.25) is 0 Å². The van der Waals surface area contributed by atoms with Crippen LogP contribution >= 0.6 is 0 Å². The van der Waals surface area contributed by atoms with Crippen LogP contribution in [0.3, 0.4) is 0 Å². The van der Waals surface area contributed by atoms with Crippen molar-refractivity contribution in [2.45, 2.75) is 32.7 Å². The first-order valence-electron chi connectivity index (χ1n) is 6.82. The summed E-state index contributed by atoms with van der Waals surface area (Å²) >= 11 is 0. The predicted molar refractivity (Wildman–Crippen MR) is 77.2 cm³/mol. The summed E-state index contributed by atoms with van der Waals surface area (Å²) in [6, 6.07) is 4.12. The number of halogens is 3. The fraction of sp³-hybridized carbons (Fsp3) is 0.312. The minimum Gasteiger partial charge on any atom is -0.405 e. The molecule has 0 saturated carbocycles. The van der Waals surface area contributed by atoms with Crippen LogP contribution in [0, 0.1) is 12.3 Å². The fourth-order valence-corrected chi connectivity index (χ4v) is 2.00. The lowest BCUT2D eigenvalue weighted by Crippen LogP contribution is -2.17. The van der Waals surface area contributed by atoms with Crippen molar-refractivity contribution in [1.82, 2.24) is 9.78 Å². The van der Waals surface area contributed by atoms with Crippen LogP contribution in [0.25, 0.3) is 11.1 Å². The van der Waals surface area contributed by atoms with E-state index in [-0.39, 0.29) is 11.3 Å². The molecule has 2 aromatic rings. The number of benzene rings is 1. The van der Waals surface area contributed by atoms with Gasteiger partial charge < -0.3 is 4.74 Å². The van der Waals surface area contributed by atoms with E-state index in [1.54, 1.807) is 10.9 Å². The number of nitrogens with zero attached hydrogens (tertiary/aromatic N) is 2. The standard InChI is InChI=1S/C16H15F3N2O/c1-3-5-8-21-11-13(10-20-21)14-9-12(4-2)6-7-15(14)22-16(17,18)19/h2,6-7,9-11H,3,5,8H2,1H3. The second-order valence-corrected chi connectivity index (χ2v) is 4.75. The van der Waals surface area contributed by atoms with E-state index in [0.717, 1.165) is 12.8 Å². The van der Waals surface area contributed by atoms with Gasteiger partial charge >= 0.3 is 6.36 Å². The SMILES string of the molecule is C#Cc1ccc(OC(F)(F)F)c(-c2cnn(CCCC)c2)c1. The minimum atomic E-state index is -4.76. The molecule has 22 heavy (non-hydrogen) atoms. The normalized spacial score (nSPS) is 11.2. The van der Waals surface area contributed by atoms with E-state index in [2.05, 4.69) is 22.7 Å². The van der Waals surface area contributed by atoms with Gasteiger partial charge in [-0.2, -0.15) is 5.10 Å². The maximum Gasteiger partial charge on any atom is 0.573 e. The van der Waals surface area contributed by atoms with Gasteiger partial charge in [-0.15, -0.1) is 19.6 Å². The number of rotatable bonds is 5. The van der Waals surface area contributed by atoms with Gasteiger partial charge in [0.05, 0.1) is 6.20 Å². The van der Waals surface area contributed by atoms with Gasteiger partial charge in [0, 0.05) is 29.4 Å². The average Bonchev–Trinajstić information content (AvgIpc) is 2.92. The monoisotopic (exact) mass is 308 g/mol. The molecule has 0 saturated heterocycles. The summed E-state index contributed by atoms with van der Waals surface area (Å²) in [5.74, 6) is 2.11. The quantitative estimate of drug-likeness (QED) is 0.773. The number of aryl methyl sites for hydroxylation is 1. The van der Waals surface area contributed by atoms with E-state index >= 15 is 0 Å². The summed E-state index contributed by atoms with van der Waals surface area (Å²) in [5, 5.41) is 4.15. The molecule has 0 aliphatic carbocycles. The Bertz CT molecular complexity index is 683. The molecular weight excluding hydrogens is 293 g/mol. The van der Waals surface area contributed by atoms with Crippen molar-refractivity contribution in [2.24, 2.45) is 0 Å². The molecule has 6 heteroatoms. The molecular formula is C16H15F3N2O. The van der Waals surface area contributed by atoms with Crippen LogP contribution in [0.15, 0.2) is 30.6 Å². The van der Waals surface area contributed by atoms with Crippen molar-refractivity contribution in [3.05, 3.63) is 36.2 Å². The molecule has 0 aliphatic heterocycles. The third-order valence-corrected chi connectivity index (χ3v) is 3.06. The molecule has 0 atom stereocenters. The van der Waals surface area contributed by atoms with Crippen LogP contribution in [-0.2, 0) is 6.54 Å². The van der Waals surface area contributed by atoms with E-state index in [9.17, 15) is 13.2 Å². The second-order valence-electron chi connectivity index (χ2n) is 4.75. The Hall–Kier alpha value is -2.42. The zero-order chi connectivity index (χ0) is 16.2. The van der Waals surface area contributed by atoms with E-state index in [1.165, 1.54) is 24.4 Å². The molecule has 0 unspecified atom stereocenters. The molecule has 1 heterocycles. The van der Waals surface area contributed by atoms with E-state index in [4.69, 9.17) is 6.42 Å². The largest absolute Gasteiger partial charge is 0.573 e. The smallest absolute Gasteiger partial charge is 0.405 e. The molecule has 0 spiro atoms. The van der Waals surface area contributed by atoms with E-state index < -0.39 is 6.36 Å². The lowest BCUT2D eigenvalue weighted by Gasteiger charge is -2.12. The highest BCUT2D eigenvalue weighted by Gasteiger charge is 2.32. The summed E-state index contributed by atoms with van der Waals surface area (Å²) in [7, 11) is 0. The van der Waals surface area contributed by atoms with Crippen molar-refractivity contribution in [2.75, 3.05) is 0 Å². The topological polar surface area (TPSA) is 27.1 Å². The molecule has 0 N–H and O–H groups in total. The Balaban J connectivity index is 2.38. The third-order valence-electron chi connectivity index (χ3n) is 3.06. The third kappa shape index (κ3) is 4.04. The molecule has 1 aromatic heterocycles. The molecule has 2 rings (SSSR count). The first kappa shape index (κ1) is 16.0. The van der Waals surface area contributed by atoms with Gasteiger partial charge in [-0.25, -0.2) is 0 Å². The summed E-state index contributed by atoms with van der Waals surface area (Å²) in [6.07, 6.45) is 5.70. The van der Waals surface area contributed by atoms with Crippen molar-refractivity contribution in [1.29, 1.82) is 0 Å². The van der Waals surface area contributed by atoms with Crippen LogP contribution in [0.1, 0.15) is 25.3 Å². The fourth-order valence-electron chi connectivity index (χ4n) is 2.00. The summed E-state index contributed by atoms with van der Waals surface area (Å²) < 4.78 is 43.3. The van der Waals surface area contributed by atoms with E-state index in [0.29, 0.717) is 17.7 Å². The van der Waals surface area contributed by atoms with Gasteiger partial charge in [-0.05, 0) is 24.6 Å². The number of unbranched alkanes of at least 4 members (excludes halogenated alkanes) is 1. The lowest BCUT2D eigenvalue weighted by molar-refractivity contribution is -0.274. The summed E-state index contributed by atoms with van der Waals surface area (Å²) in [4.78, 5) is 0. The summed E-state index contributed by atoms with van der Waals surface area (Å²) in [5.41, 5.74) is 1.29. The molecule has 0 aliphatic rings. The van der Waals surface area contributed by atoms with Crippen molar-refractivity contribution < 1.29 is 17.9 Å². The first-order chi connectivity index (χ1) is 10.4. The van der Waals surface area contributed by atoms with Crippen molar-refractivity contribution >= 4 is 0 Å². The Kier molecular flexibility index (Phi) is 4.76. The number of hydrogen-bond acceptors (Lipinski definition) is 2. The number of terminal acetylenes is 1. The highest BCUT2D eigenvalue weighted by Crippen LogP contribution is 2.34. The molecule has 3 nitrogen and oxygen atoms in total. The number of aromatic nitrogens is 2. The highest BCUT2D eigenvalue weighted by atomic mass is 19.4. The zero-order valence-corrected chi connectivity index (χ0v) is 12.0. The number of ether oxygens (including phenoxy) is 1. The molecule has 0 radical (unpaired) electrons. The Morgan fingerprint density at radius 1 is 1.36 bits per heavy atom. The number of alkyl halides is 3. The maximum absolute atomic E-state index is 12.5. The van der Waals surface area contributed by atoms with Gasteiger partial charge in [-0.1, -0.05) is 19.3 Å². The van der Waals surface area contributed by atoms with Crippen LogP contribution in [0.5, 0.6) is 5.75 Å². The summed E-state index contributed by atoms with van der Waals surface area (Å²) in [6.45, 7) is 2.76. The zero-order valence-electron chi connectivity index (χ0n) is 12.0. The Labute approximate surface area is 126 Å². The lowest BCUT2D eigenvalue weighted by atomic mass is 10.1. The van der Waals surface area contributed by atoms with Crippen LogP contribution < -0.4 is 4.74 Å². The van der Waals surface area contributed by atoms with Gasteiger partial charge in [0.1, 0.15) is 5.75 Å². The van der Waals surface area contributed by atoms with Crippen molar-refractivity contribution in [3.63, 3.8) is 0 Å². The minimum absolute atomic E-state index is 0.274. The molecule has 1 aromatic carbocycles. The maximum atomic E-state index is 12.5. The first-order valence-corrected chi connectivity index (χ1v) is 6.82. The van der Waals surface area contributed by atoms with E-state index in [1.807, 2.05) is 0 Å². The Morgan fingerprint density at radius 3 is 2.77 bits per heavy atom. The van der Waals surface area contributed by atoms with Crippen LogP contribution in [0.4, 0.5) is 13.2 Å². The average molecular weight is 308 g/mol. The molecule has 0 fully saturated rings. The highest BCUT2D eigenvalue weighted by molar-refractivity contribution is 5.71. The number of hydrogen-bond donors (Lipinski definition) is 0. The van der Waals surface area contributed by atoms with Gasteiger partial charge in [0.15, 0.2) is 0 Å². The van der Waals surface area contributed by atoms with Gasteiger partial charge in [0.25, 0.3) is 0 Å². The molecule has 116 valence electrons. The van der Waals surface area contributed by atoms with Crippen molar-refractivity contribution in [3.8, 4) is 29.2 Å². The Morgan fingerprint density at radius 2 is 2.14 bits per heavy atom. The molecule has 0 bridgehead atoms. The van der Waals surface area contributed by atoms with Crippen LogP contribution in [0.2, 0.25) is 0 Å². The molecule has 0 amide bonds. The van der Waals surface area contributed by atoms with Crippen LogP contribution in [-0.4, -0.2) is 16.1 Å². The van der Waals surface area contributed by atoms with Gasteiger partial charge in [-0.3, -0.25) is 4.68 Å².